The SMILES string of the molecule is CCCCC1(OC(N)=O)SCC(=O)N1c1nc(C)cc(C)n1. The molecule has 1 saturated heterocycles. The maximum absolute atomic E-state index is 12.4. The predicted molar refractivity (Wildman–Crippen MR) is 84.4 cm³/mol. The van der Waals surface area contributed by atoms with Gasteiger partial charge in [0.1, 0.15) is 0 Å². The van der Waals surface area contributed by atoms with Gasteiger partial charge in [0.15, 0.2) is 0 Å². The van der Waals surface area contributed by atoms with Crippen LogP contribution in [0.15, 0.2) is 6.07 Å². The number of amides is 2. The molecule has 2 rings (SSSR count). The molecular formula is C14H20N4O3S. The summed E-state index contributed by atoms with van der Waals surface area (Å²) in [6, 6.07) is 1.82. The van der Waals surface area contributed by atoms with E-state index in [1.54, 1.807) is 0 Å². The summed E-state index contributed by atoms with van der Waals surface area (Å²) in [6.45, 7) is 5.68. The molecule has 7 nitrogen and oxygen atoms in total. The van der Waals surface area contributed by atoms with Crippen molar-refractivity contribution in [2.45, 2.75) is 45.1 Å². The number of thioether (sulfide) groups is 1. The van der Waals surface area contributed by atoms with Gasteiger partial charge in [0.25, 0.3) is 0 Å². The average molecular weight is 324 g/mol. The van der Waals surface area contributed by atoms with Gasteiger partial charge in [0, 0.05) is 17.8 Å². The summed E-state index contributed by atoms with van der Waals surface area (Å²) in [4.78, 5) is 33.7. The molecular weight excluding hydrogens is 304 g/mol. The van der Waals surface area contributed by atoms with E-state index in [-0.39, 0.29) is 17.6 Å². The fourth-order valence-electron chi connectivity index (χ4n) is 2.43. The van der Waals surface area contributed by atoms with Crippen molar-refractivity contribution < 1.29 is 14.3 Å². The quantitative estimate of drug-likeness (QED) is 0.890. The number of nitrogens with zero attached hydrogens (tertiary/aromatic N) is 3. The van der Waals surface area contributed by atoms with E-state index < -0.39 is 11.2 Å². The van der Waals surface area contributed by atoms with Crippen LogP contribution in [0.5, 0.6) is 0 Å². The number of rotatable bonds is 5. The number of unbranched alkanes of at least 4 members (excludes halogenated alkanes) is 1. The van der Waals surface area contributed by atoms with Crippen molar-refractivity contribution in [1.29, 1.82) is 0 Å². The van der Waals surface area contributed by atoms with Crippen LogP contribution in [-0.4, -0.2) is 32.8 Å². The first kappa shape index (κ1) is 16.5. The second kappa shape index (κ2) is 6.51. The van der Waals surface area contributed by atoms with Gasteiger partial charge >= 0.3 is 6.09 Å². The molecule has 1 aromatic rings. The number of nitrogens with two attached hydrogens (primary N) is 1. The van der Waals surface area contributed by atoms with E-state index in [1.807, 2.05) is 26.8 Å². The van der Waals surface area contributed by atoms with Crippen LogP contribution in [-0.2, 0) is 9.53 Å². The van der Waals surface area contributed by atoms with Crippen LogP contribution in [0, 0.1) is 13.8 Å². The molecule has 0 radical (unpaired) electrons. The van der Waals surface area contributed by atoms with Crippen LogP contribution in [0.25, 0.3) is 0 Å². The molecule has 0 saturated carbocycles. The highest BCUT2D eigenvalue weighted by Gasteiger charge is 2.51. The van der Waals surface area contributed by atoms with E-state index in [0.29, 0.717) is 6.42 Å². The van der Waals surface area contributed by atoms with Crippen molar-refractivity contribution in [3.8, 4) is 0 Å². The van der Waals surface area contributed by atoms with Gasteiger partial charge in [-0.1, -0.05) is 25.1 Å². The van der Waals surface area contributed by atoms with Crippen molar-refractivity contribution in [2.75, 3.05) is 10.7 Å². The van der Waals surface area contributed by atoms with Crippen molar-refractivity contribution in [1.82, 2.24) is 9.97 Å². The van der Waals surface area contributed by atoms with Gasteiger partial charge in [0.05, 0.1) is 5.75 Å². The minimum absolute atomic E-state index is 0.188. The largest absolute Gasteiger partial charge is 0.413 e. The first-order valence-electron chi connectivity index (χ1n) is 7.15. The molecule has 120 valence electrons. The molecule has 2 amide bonds. The number of ether oxygens (including phenoxy) is 1. The Hall–Kier alpha value is -1.83. The third kappa shape index (κ3) is 3.32. The highest BCUT2D eigenvalue weighted by Crippen LogP contribution is 2.43. The van der Waals surface area contributed by atoms with Crippen LogP contribution in [0.2, 0.25) is 0 Å². The summed E-state index contributed by atoms with van der Waals surface area (Å²) in [7, 11) is 0. The highest BCUT2D eigenvalue weighted by molar-refractivity contribution is 8.01. The first-order valence-corrected chi connectivity index (χ1v) is 8.14. The maximum atomic E-state index is 12.4. The molecule has 2 heterocycles. The maximum Gasteiger partial charge on any atom is 0.407 e. The molecule has 1 aromatic heterocycles. The summed E-state index contributed by atoms with van der Waals surface area (Å²) >= 11 is 1.25. The second-order valence-electron chi connectivity index (χ2n) is 5.21. The summed E-state index contributed by atoms with van der Waals surface area (Å²) in [5.74, 6) is 0.269. The minimum atomic E-state index is -1.15. The lowest BCUT2D eigenvalue weighted by Crippen LogP contribution is -2.49. The summed E-state index contributed by atoms with van der Waals surface area (Å²) < 4.78 is 5.34. The lowest BCUT2D eigenvalue weighted by Gasteiger charge is -2.34. The van der Waals surface area contributed by atoms with Crippen LogP contribution < -0.4 is 10.6 Å². The van der Waals surface area contributed by atoms with Gasteiger partial charge < -0.3 is 10.5 Å². The fourth-order valence-corrected chi connectivity index (χ4v) is 3.65. The Balaban J connectivity index is 2.46. The van der Waals surface area contributed by atoms with Crippen molar-refractivity contribution in [3.05, 3.63) is 17.5 Å². The number of primary amides is 1. The lowest BCUT2D eigenvalue weighted by molar-refractivity contribution is -0.117. The molecule has 0 aliphatic carbocycles. The van der Waals surface area contributed by atoms with E-state index in [4.69, 9.17) is 10.5 Å². The molecule has 1 fully saturated rings. The number of aryl methyl sites for hydroxylation is 2. The molecule has 1 atom stereocenters. The Morgan fingerprint density at radius 1 is 1.45 bits per heavy atom. The van der Waals surface area contributed by atoms with Crippen molar-refractivity contribution in [3.63, 3.8) is 0 Å². The van der Waals surface area contributed by atoms with Gasteiger partial charge in [-0.25, -0.2) is 19.7 Å². The third-order valence-corrected chi connectivity index (χ3v) is 4.60. The van der Waals surface area contributed by atoms with Gasteiger partial charge in [-0.3, -0.25) is 4.79 Å². The van der Waals surface area contributed by atoms with E-state index in [2.05, 4.69) is 9.97 Å². The zero-order valence-electron chi connectivity index (χ0n) is 13.0. The number of carbonyl (C=O) groups is 2. The summed E-state index contributed by atoms with van der Waals surface area (Å²) in [5, 5.41) is -1.15. The highest BCUT2D eigenvalue weighted by atomic mass is 32.2. The third-order valence-electron chi connectivity index (χ3n) is 3.29. The molecule has 22 heavy (non-hydrogen) atoms. The topological polar surface area (TPSA) is 98.4 Å². The average Bonchev–Trinajstić information content (AvgIpc) is 2.72. The smallest absolute Gasteiger partial charge is 0.407 e. The molecule has 0 aromatic carbocycles. The molecule has 1 unspecified atom stereocenters. The Kier molecular flexibility index (Phi) is 4.90. The Bertz CT molecular complexity index is 575. The van der Waals surface area contributed by atoms with E-state index in [1.165, 1.54) is 16.7 Å². The predicted octanol–water partition coefficient (Wildman–Crippen LogP) is 2.11. The number of carbonyl (C=O) groups excluding carboxylic acids is 2. The number of anilines is 1. The van der Waals surface area contributed by atoms with E-state index in [9.17, 15) is 9.59 Å². The number of hydrogen-bond acceptors (Lipinski definition) is 6. The Labute approximate surface area is 133 Å². The molecule has 0 spiro atoms. The van der Waals surface area contributed by atoms with Gasteiger partial charge in [-0.2, -0.15) is 0 Å². The Morgan fingerprint density at radius 2 is 2.09 bits per heavy atom. The molecule has 1 aliphatic heterocycles. The monoisotopic (exact) mass is 324 g/mol. The number of hydrogen-bond donors (Lipinski definition) is 1. The van der Waals surface area contributed by atoms with Crippen LogP contribution in [0.1, 0.15) is 37.6 Å². The zero-order chi connectivity index (χ0) is 16.3. The van der Waals surface area contributed by atoms with Gasteiger partial charge in [-0.05, 0) is 26.3 Å². The van der Waals surface area contributed by atoms with Crippen LogP contribution in [0.4, 0.5) is 10.7 Å². The van der Waals surface area contributed by atoms with Crippen molar-refractivity contribution >= 4 is 29.7 Å². The molecule has 8 heteroatoms. The Morgan fingerprint density at radius 3 is 2.64 bits per heavy atom. The minimum Gasteiger partial charge on any atom is -0.413 e. The molecule has 0 bridgehead atoms. The second-order valence-corrected chi connectivity index (χ2v) is 6.42. The zero-order valence-corrected chi connectivity index (χ0v) is 13.8. The molecule has 2 N–H and O–H groups in total. The summed E-state index contributed by atoms with van der Waals surface area (Å²) in [5.41, 5.74) is 6.71. The molecule has 1 aliphatic rings. The number of aromatic nitrogens is 2. The fraction of sp³-hybridized carbons (Fsp3) is 0.571. The lowest BCUT2D eigenvalue weighted by atomic mass is 10.2. The van der Waals surface area contributed by atoms with Gasteiger partial charge in [0.2, 0.25) is 16.9 Å². The van der Waals surface area contributed by atoms with Crippen LogP contribution in [0.3, 0.4) is 0 Å². The van der Waals surface area contributed by atoms with E-state index in [0.717, 1.165) is 24.2 Å². The van der Waals surface area contributed by atoms with Crippen LogP contribution >= 0.6 is 11.8 Å². The van der Waals surface area contributed by atoms with Crippen molar-refractivity contribution in [2.24, 2.45) is 5.73 Å². The van der Waals surface area contributed by atoms with Gasteiger partial charge in [-0.15, -0.1) is 0 Å². The van der Waals surface area contributed by atoms with E-state index >= 15 is 0 Å². The first-order chi connectivity index (χ1) is 10.4. The normalized spacial score (nSPS) is 21.2. The summed E-state index contributed by atoms with van der Waals surface area (Å²) in [6.07, 6.45) is 1.27. The standard InChI is InChI=1S/C14H20N4O3S/c1-4-5-6-14(21-12(15)20)18(11(19)8-22-14)13-16-9(2)7-10(3)17-13/h7H,4-6,8H2,1-3H3,(H2,15,20).